The lowest BCUT2D eigenvalue weighted by Crippen LogP contribution is -2.17. The molecule has 2 aliphatic rings. The zero-order valence-electron chi connectivity index (χ0n) is 7.16. The Hall–Kier alpha value is -0.0800. The van der Waals surface area contributed by atoms with Gasteiger partial charge in [0.15, 0.2) is 0 Å². The van der Waals surface area contributed by atoms with Crippen LogP contribution in [0.3, 0.4) is 0 Å². The van der Waals surface area contributed by atoms with E-state index in [9.17, 15) is 0 Å². The molecule has 2 nitrogen and oxygen atoms in total. The summed E-state index contributed by atoms with van der Waals surface area (Å²) in [7, 11) is 2.20. The van der Waals surface area contributed by atoms with Crippen molar-refractivity contribution in [3.05, 3.63) is 0 Å². The fourth-order valence-electron chi connectivity index (χ4n) is 2.81. The van der Waals surface area contributed by atoms with Crippen LogP contribution >= 0.6 is 0 Å². The second-order valence-electron chi connectivity index (χ2n) is 4.26. The maximum Gasteiger partial charge on any atom is 0.0459 e. The molecular formula is C9H17NO. The lowest BCUT2D eigenvalue weighted by atomic mass is 10.0. The van der Waals surface area contributed by atoms with Gasteiger partial charge in [0, 0.05) is 19.7 Å². The monoisotopic (exact) mass is 155 g/mol. The van der Waals surface area contributed by atoms with Gasteiger partial charge in [0.1, 0.15) is 0 Å². The van der Waals surface area contributed by atoms with Gasteiger partial charge in [0.25, 0.3) is 0 Å². The second-order valence-corrected chi connectivity index (χ2v) is 4.26. The fourth-order valence-corrected chi connectivity index (χ4v) is 2.81. The van der Waals surface area contributed by atoms with Crippen LogP contribution in [0, 0.1) is 17.8 Å². The molecule has 1 N–H and O–H groups in total. The summed E-state index contributed by atoms with van der Waals surface area (Å²) in [6.07, 6.45) is 2.54. The highest BCUT2D eigenvalue weighted by atomic mass is 16.3. The highest BCUT2D eigenvalue weighted by Crippen LogP contribution is 2.40. The first-order valence-corrected chi connectivity index (χ1v) is 4.59. The maximum atomic E-state index is 8.97. The molecule has 1 aliphatic heterocycles. The van der Waals surface area contributed by atoms with Gasteiger partial charge in [0.2, 0.25) is 0 Å². The first kappa shape index (κ1) is 7.56. The molecule has 0 amide bonds. The molecule has 1 unspecified atom stereocenters. The van der Waals surface area contributed by atoms with Crippen LogP contribution in [-0.2, 0) is 0 Å². The predicted octanol–water partition coefficient (Wildman–Crippen LogP) is 0.567. The average Bonchev–Trinajstić information content (AvgIpc) is 2.43. The van der Waals surface area contributed by atoms with Crippen LogP contribution in [0.15, 0.2) is 0 Å². The normalized spacial score (nSPS) is 44.7. The molecule has 2 heteroatoms. The van der Waals surface area contributed by atoms with Crippen LogP contribution in [-0.4, -0.2) is 36.8 Å². The Morgan fingerprint density at radius 3 is 2.27 bits per heavy atom. The van der Waals surface area contributed by atoms with Crippen molar-refractivity contribution in [1.82, 2.24) is 4.90 Å². The van der Waals surface area contributed by atoms with Crippen LogP contribution < -0.4 is 0 Å². The van der Waals surface area contributed by atoms with Crippen molar-refractivity contribution in [3.63, 3.8) is 0 Å². The molecule has 0 bridgehead atoms. The molecule has 3 atom stereocenters. The summed E-state index contributed by atoms with van der Waals surface area (Å²) in [5, 5.41) is 8.97. The van der Waals surface area contributed by atoms with Gasteiger partial charge >= 0.3 is 0 Å². The van der Waals surface area contributed by atoms with E-state index in [0.29, 0.717) is 12.5 Å². The molecule has 1 saturated heterocycles. The number of nitrogens with zero attached hydrogens (tertiary/aromatic N) is 1. The lowest BCUT2D eigenvalue weighted by Gasteiger charge is -2.11. The number of hydrogen-bond acceptors (Lipinski definition) is 2. The molecular weight excluding hydrogens is 138 g/mol. The summed E-state index contributed by atoms with van der Waals surface area (Å²) in [4.78, 5) is 2.42. The van der Waals surface area contributed by atoms with Crippen LogP contribution in [0.1, 0.15) is 12.8 Å². The van der Waals surface area contributed by atoms with Crippen LogP contribution in [0.2, 0.25) is 0 Å². The van der Waals surface area contributed by atoms with Crippen molar-refractivity contribution in [3.8, 4) is 0 Å². The highest BCUT2D eigenvalue weighted by Gasteiger charge is 2.38. The van der Waals surface area contributed by atoms with E-state index in [1.165, 1.54) is 25.9 Å². The summed E-state index contributed by atoms with van der Waals surface area (Å²) in [5.74, 6) is 2.42. The molecule has 11 heavy (non-hydrogen) atoms. The summed E-state index contributed by atoms with van der Waals surface area (Å²) >= 11 is 0. The lowest BCUT2D eigenvalue weighted by molar-refractivity contribution is 0.216. The van der Waals surface area contributed by atoms with Gasteiger partial charge in [-0.2, -0.15) is 0 Å². The van der Waals surface area contributed by atoms with Crippen molar-refractivity contribution in [1.29, 1.82) is 0 Å². The topological polar surface area (TPSA) is 23.5 Å². The van der Waals surface area contributed by atoms with E-state index in [0.717, 1.165) is 11.8 Å². The molecule has 2 fully saturated rings. The smallest absolute Gasteiger partial charge is 0.0459 e. The Kier molecular flexibility index (Phi) is 1.90. The largest absolute Gasteiger partial charge is 0.396 e. The van der Waals surface area contributed by atoms with Gasteiger partial charge in [-0.25, -0.2) is 0 Å². The molecule has 1 saturated carbocycles. The quantitative estimate of drug-likeness (QED) is 0.598. The molecule has 1 aliphatic carbocycles. The Balaban J connectivity index is 1.93. The van der Waals surface area contributed by atoms with Gasteiger partial charge < -0.3 is 10.0 Å². The van der Waals surface area contributed by atoms with E-state index < -0.39 is 0 Å². The molecule has 0 aromatic heterocycles. The number of hydrogen-bond donors (Lipinski definition) is 1. The van der Waals surface area contributed by atoms with E-state index in [1.807, 2.05) is 0 Å². The zero-order chi connectivity index (χ0) is 7.84. The number of aliphatic hydroxyl groups excluding tert-OH is 1. The van der Waals surface area contributed by atoms with Gasteiger partial charge in [0.05, 0.1) is 0 Å². The van der Waals surface area contributed by atoms with Crippen molar-refractivity contribution < 1.29 is 5.11 Å². The van der Waals surface area contributed by atoms with E-state index in [4.69, 9.17) is 5.11 Å². The van der Waals surface area contributed by atoms with Crippen LogP contribution in [0.25, 0.3) is 0 Å². The molecule has 1 heterocycles. The standard InChI is InChI=1S/C9H17NO/c1-10-4-8-2-7(6-11)3-9(8)5-10/h7-9,11H,2-6H2,1H3/t7?,8-,9+. The van der Waals surface area contributed by atoms with Gasteiger partial charge in [-0.15, -0.1) is 0 Å². The second kappa shape index (κ2) is 2.76. The number of aliphatic hydroxyl groups is 1. The Bertz CT molecular complexity index is 134. The predicted molar refractivity (Wildman–Crippen MR) is 44.3 cm³/mol. The molecule has 0 aromatic carbocycles. The Labute approximate surface area is 68.2 Å². The number of fused-ring (bicyclic) bond motifs is 1. The van der Waals surface area contributed by atoms with Crippen molar-refractivity contribution >= 4 is 0 Å². The molecule has 0 spiro atoms. The van der Waals surface area contributed by atoms with Crippen molar-refractivity contribution in [2.45, 2.75) is 12.8 Å². The van der Waals surface area contributed by atoms with Gasteiger partial charge in [-0.1, -0.05) is 0 Å². The summed E-state index contributed by atoms with van der Waals surface area (Å²) in [6.45, 7) is 2.94. The number of rotatable bonds is 1. The Morgan fingerprint density at radius 1 is 1.27 bits per heavy atom. The summed E-state index contributed by atoms with van der Waals surface area (Å²) in [6, 6.07) is 0. The minimum absolute atomic E-state index is 0.413. The van der Waals surface area contributed by atoms with Crippen LogP contribution in [0.4, 0.5) is 0 Å². The third-order valence-electron chi connectivity index (χ3n) is 3.29. The first-order valence-electron chi connectivity index (χ1n) is 4.59. The number of likely N-dealkylation sites (tertiary alicyclic amines) is 1. The molecule has 64 valence electrons. The van der Waals surface area contributed by atoms with E-state index in [2.05, 4.69) is 11.9 Å². The summed E-state index contributed by atoms with van der Waals surface area (Å²) in [5.41, 5.74) is 0. The molecule has 2 rings (SSSR count). The van der Waals surface area contributed by atoms with Gasteiger partial charge in [-0.3, -0.25) is 0 Å². The third-order valence-corrected chi connectivity index (χ3v) is 3.29. The minimum Gasteiger partial charge on any atom is -0.396 e. The SMILES string of the molecule is CN1C[C@H]2CC(CO)C[C@H]2C1. The van der Waals surface area contributed by atoms with Crippen molar-refractivity contribution in [2.24, 2.45) is 17.8 Å². The van der Waals surface area contributed by atoms with Gasteiger partial charge in [-0.05, 0) is 37.6 Å². The van der Waals surface area contributed by atoms with Crippen molar-refractivity contribution in [2.75, 3.05) is 26.7 Å². The maximum absolute atomic E-state index is 8.97. The van der Waals surface area contributed by atoms with E-state index >= 15 is 0 Å². The third kappa shape index (κ3) is 1.30. The van der Waals surface area contributed by atoms with Crippen LogP contribution in [0.5, 0.6) is 0 Å². The fraction of sp³-hybridized carbons (Fsp3) is 1.00. The zero-order valence-corrected chi connectivity index (χ0v) is 7.16. The highest BCUT2D eigenvalue weighted by molar-refractivity contribution is 4.90. The summed E-state index contributed by atoms with van der Waals surface area (Å²) < 4.78 is 0. The Morgan fingerprint density at radius 2 is 1.82 bits per heavy atom. The first-order chi connectivity index (χ1) is 5.29. The minimum atomic E-state index is 0.413. The molecule has 0 aromatic rings. The average molecular weight is 155 g/mol. The van der Waals surface area contributed by atoms with E-state index in [1.54, 1.807) is 0 Å². The molecule has 0 radical (unpaired) electrons. The van der Waals surface area contributed by atoms with E-state index in [-0.39, 0.29) is 0 Å².